The molecule has 3 heterocycles. The molecule has 0 spiro atoms. The summed E-state index contributed by atoms with van der Waals surface area (Å²) in [4.78, 5) is 30.6. The molecule has 1 unspecified atom stereocenters. The fraction of sp³-hybridized carbons (Fsp3) is 0.500. The molecule has 1 aromatic carbocycles. The number of hydrogen-bond donors (Lipinski definition) is 3. The lowest BCUT2D eigenvalue weighted by Crippen LogP contribution is -2.49. The summed E-state index contributed by atoms with van der Waals surface area (Å²) >= 11 is 0. The Labute approximate surface area is 205 Å². The number of nitrogens with one attached hydrogen (secondary N) is 2. The van der Waals surface area contributed by atoms with Crippen LogP contribution < -0.4 is 20.1 Å². The van der Waals surface area contributed by atoms with Crippen molar-refractivity contribution >= 4 is 11.8 Å². The molecule has 2 atom stereocenters. The largest absolute Gasteiger partial charge is 0.477 e. The maximum atomic E-state index is 12.9. The van der Waals surface area contributed by atoms with Crippen LogP contribution in [0, 0.1) is 0 Å². The Morgan fingerprint density at radius 2 is 1.94 bits per heavy atom. The van der Waals surface area contributed by atoms with Crippen molar-refractivity contribution in [3.8, 4) is 11.8 Å². The van der Waals surface area contributed by atoms with E-state index in [9.17, 15) is 14.7 Å². The normalized spacial score (nSPS) is 18.9. The topological polar surface area (TPSA) is 113 Å². The lowest BCUT2D eigenvalue weighted by Gasteiger charge is -2.31. The van der Waals surface area contributed by atoms with Crippen LogP contribution in [0.4, 0.5) is 0 Å². The van der Waals surface area contributed by atoms with Gasteiger partial charge in [-0.1, -0.05) is 24.3 Å². The van der Waals surface area contributed by atoms with Crippen molar-refractivity contribution in [1.82, 2.24) is 20.5 Å². The summed E-state index contributed by atoms with van der Waals surface area (Å²) < 4.78 is 11.6. The van der Waals surface area contributed by atoms with E-state index in [1.165, 1.54) is 11.1 Å². The highest BCUT2D eigenvalue weighted by Crippen LogP contribution is 2.24. The van der Waals surface area contributed by atoms with Gasteiger partial charge in [-0.3, -0.25) is 9.59 Å². The molecule has 0 bridgehead atoms. The van der Waals surface area contributed by atoms with Crippen LogP contribution in [0.5, 0.6) is 11.8 Å². The Morgan fingerprint density at radius 1 is 1.20 bits per heavy atom. The molecule has 9 heteroatoms. The molecule has 3 N–H and O–H groups in total. The van der Waals surface area contributed by atoms with Crippen molar-refractivity contribution < 1.29 is 24.2 Å². The average molecular weight is 483 g/mol. The molecule has 2 aromatic rings. The van der Waals surface area contributed by atoms with Gasteiger partial charge in [-0.15, -0.1) is 0 Å². The molecule has 2 aliphatic rings. The van der Waals surface area contributed by atoms with E-state index in [2.05, 4.69) is 27.8 Å². The van der Waals surface area contributed by atoms with Crippen molar-refractivity contribution in [3.05, 3.63) is 53.1 Å². The highest BCUT2D eigenvalue weighted by atomic mass is 16.5. The van der Waals surface area contributed by atoms with Gasteiger partial charge in [0.1, 0.15) is 11.7 Å². The number of aliphatic hydroxyl groups is 1. The van der Waals surface area contributed by atoms with Gasteiger partial charge in [-0.25, -0.2) is 0 Å². The molecule has 2 aliphatic heterocycles. The first-order chi connectivity index (χ1) is 16.9. The number of piperidine rings is 1. The monoisotopic (exact) mass is 482 g/mol. The van der Waals surface area contributed by atoms with Gasteiger partial charge in [-0.05, 0) is 30.5 Å². The van der Waals surface area contributed by atoms with Gasteiger partial charge in [-0.2, -0.15) is 4.98 Å². The van der Waals surface area contributed by atoms with Crippen LogP contribution in [0.15, 0.2) is 36.4 Å². The molecular formula is C26H34N4O5. The minimum Gasteiger partial charge on any atom is -0.477 e. The lowest BCUT2D eigenvalue weighted by molar-refractivity contribution is -0.130. The summed E-state index contributed by atoms with van der Waals surface area (Å²) in [7, 11) is 0. The number of likely N-dealkylation sites (tertiary alicyclic amines) is 1. The van der Waals surface area contributed by atoms with Gasteiger partial charge in [0.2, 0.25) is 17.7 Å². The van der Waals surface area contributed by atoms with E-state index < -0.39 is 6.10 Å². The zero-order valence-corrected chi connectivity index (χ0v) is 20.3. The minimum absolute atomic E-state index is 0.0458. The highest BCUT2D eigenvalue weighted by molar-refractivity contribution is 5.96. The first-order valence-corrected chi connectivity index (χ1v) is 12.3. The summed E-state index contributed by atoms with van der Waals surface area (Å²) in [6.45, 7) is 5.86. The van der Waals surface area contributed by atoms with Gasteiger partial charge in [0.15, 0.2) is 0 Å². The molecule has 2 amide bonds. The second-order valence-corrected chi connectivity index (χ2v) is 9.00. The number of nitrogens with zero attached hydrogens (tertiary/aromatic N) is 2. The number of carbonyl (C=O) groups excluding carboxylic acids is 2. The number of ether oxygens (including phenoxy) is 2. The number of pyridine rings is 1. The van der Waals surface area contributed by atoms with Gasteiger partial charge in [0, 0.05) is 58.1 Å². The van der Waals surface area contributed by atoms with Gasteiger partial charge in [0.05, 0.1) is 12.7 Å². The minimum atomic E-state index is -0.737. The Morgan fingerprint density at radius 3 is 2.66 bits per heavy atom. The zero-order valence-electron chi connectivity index (χ0n) is 20.3. The molecule has 1 fully saturated rings. The molecule has 1 aromatic heterocycles. The van der Waals surface area contributed by atoms with E-state index in [0.29, 0.717) is 44.1 Å². The van der Waals surface area contributed by atoms with E-state index in [4.69, 9.17) is 9.47 Å². The SMILES string of the molecule is CCOc1nc(OC2CCN(C(C)=O)CC2)ccc1C(=O)NCC(O)[C@@H]1Cc2ccccc2CN1. The number of amides is 2. The summed E-state index contributed by atoms with van der Waals surface area (Å²) in [6, 6.07) is 11.3. The molecule has 35 heavy (non-hydrogen) atoms. The van der Waals surface area contributed by atoms with Crippen molar-refractivity contribution in [1.29, 1.82) is 0 Å². The van der Waals surface area contributed by atoms with Crippen LogP contribution >= 0.6 is 0 Å². The maximum Gasteiger partial charge on any atom is 0.256 e. The van der Waals surface area contributed by atoms with E-state index in [-0.39, 0.29) is 36.4 Å². The number of carbonyl (C=O) groups is 2. The summed E-state index contributed by atoms with van der Waals surface area (Å²) in [6.07, 6.45) is 1.38. The third kappa shape index (κ3) is 6.29. The Bertz CT molecular complexity index is 1040. The third-order valence-electron chi connectivity index (χ3n) is 6.58. The predicted molar refractivity (Wildman–Crippen MR) is 130 cm³/mol. The number of fused-ring (bicyclic) bond motifs is 1. The summed E-state index contributed by atoms with van der Waals surface area (Å²) in [5.74, 6) is 0.293. The molecule has 0 saturated carbocycles. The number of hydrogen-bond acceptors (Lipinski definition) is 7. The first-order valence-electron chi connectivity index (χ1n) is 12.3. The zero-order chi connectivity index (χ0) is 24.8. The fourth-order valence-corrected chi connectivity index (χ4v) is 4.55. The quantitative estimate of drug-likeness (QED) is 0.525. The van der Waals surface area contributed by atoms with Crippen LogP contribution in [0.2, 0.25) is 0 Å². The van der Waals surface area contributed by atoms with Crippen LogP contribution in [-0.4, -0.2) is 71.3 Å². The number of benzene rings is 1. The van der Waals surface area contributed by atoms with E-state index >= 15 is 0 Å². The van der Waals surface area contributed by atoms with E-state index in [0.717, 1.165) is 12.8 Å². The van der Waals surface area contributed by atoms with Gasteiger partial charge in [0.25, 0.3) is 5.91 Å². The summed E-state index contributed by atoms with van der Waals surface area (Å²) in [5.41, 5.74) is 2.74. The smallest absolute Gasteiger partial charge is 0.256 e. The molecule has 1 saturated heterocycles. The van der Waals surface area contributed by atoms with Crippen molar-refractivity contribution in [3.63, 3.8) is 0 Å². The van der Waals surface area contributed by atoms with Crippen LogP contribution in [0.1, 0.15) is 48.2 Å². The molecular weight excluding hydrogens is 448 g/mol. The lowest BCUT2D eigenvalue weighted by atomic mass is 9.93. The summed E-state index contributed by atoms with van der Waals surface area (Å²) in [5, 5.41) is 16.8. The van der Waals surface area contributed by atoms with E-state index in [1.807, 2.05) is 24.0 Å². The third-order valence-corrected chi connectivity index (χ3v) is 6.58. The number of aromatic nitrogens is 1. The molecule has 0 aliphatic carbocycles. The van der Waals surface area contributed by atoms with Crippen LogP contribution in [0.25, 0.3) is 0 Å². The predicted octanol–water partition coefficient (Wildman–Crippen LogP) is 1.68. The van der Waals surface area contributed by atoms with Crippen LogP contribution in [0.3, 0.4) is 0 Å². The van der Waals surface area contributed by atoms with Gasteiger partial charge < -0.3 is 30.1 Å². The second kappa shape index (κ2) is 11.5. The fourth-order valence-electron chi connectivity index (χ4n) is 4.55. The van der Waals surface area contributed by atoms with Crippen LogP contribution in [-0.2, 0) is 17.8 Å². The number of rotatable bonds is 8. The van der Waals surface area contributed by atoms with Crippen molar-refractivity contribution in [2.24, 2.45) is 0 Å². The molecule has 9 nitrogen and oxygen atoms in total. The standard InChI is InChI=1S/C26H34N4O5/c1-3-34-26-21(8-9-24(29-26)35-20-10-12-30(13-11-20)17(2)31)25(33)28-16-23(32)22-14-18-6-4-5-7-19(18)15-27-22/h4-9,20,22-23,27,32H,3,10-16H2,1-2H3,(H,28,33)/t22-,23?/m0/s1. The average Bonchev–Trinajstić information content (AvgIpc) is 2.87. The Balaban J connectivity index is 1.33. The van der Waals surface area contributed by atoms with Crippen molar-refractivity contribution in [2.75, 3.05) is 26.2 Å². The Hall–Kier alpha value is -3.17. The molecule has 188 valence electrons. The first kappa shape index (κ1) is 24.9. The van der Waals surface area contributed by atoms with E-state index in [1.54, 1.807) is 19.1 Å². The maximum absolute atomic E-state index is 12.9. The molecule has 0 radical (unpaired) electrons. The Kier molecular flexibility index (Phi) is 8.20. The second-order valence-electron chi connectivity index (χ2n) is 9.00. The molecule has 4 rings (SSSR count). The number of aliphatic hydroxyl groups excluding tert-OH is 1. The van der Waals surface area contributed by atoms with Crippen molar-refractivity contribution in [2.45, 2.75) is 57.9 Å². The highest BCUT2D eigenvalue weighted by Gasteiger charge is 2.26. The van der Waals surface area contributed by atoms with Gasteiger partial charge >= 0.3 is 0 Å².